The number of ether oxygens (including phenoxy) is 1. The summed E-state index contributed by atoms with van der Waals surface area (Å²) in [6.45, 7) is 5.90. The zero-order chi connectivity index (χ0) is 36.6. The fraction of sp³-hybridized carbons (Fsp3) is 0.216. The Morgan fingerprint density at radius 3 is 1.80 bits per heavy atom. The number of para-hydroxylation sites is 2. The van der Waals surface area contributed by atoms with E-state index in [9.17, 15) is 0 Å². The summed E-state index contributed by atoms with van der Waals surface area (Å²) in [6.07, 6.45) is 3.20. The number of benzene rings is 8. The Kier molecular flexibility index (Phi) is 9.57. The molecule has 0 fully saturated rings. The Labute approximate surface area is 323 Å². The van der Waals surface area contributed by atoms with E-state index >= 15 is 0 Å². The summed E-state index contributed by atoms with van der Waals surface area (Å²) >= 11 is 6.22. The summed E-state index contributed by atoms with van der Waals surface area (Å²) in [6, 6.07) is 56.4. The van der Waals surface area contributed by atoms with E-state index < -0.39 is 0 Å². The first-order chi connectivity index (χ1) is 26.6. The predicted octanol–water partition coefficient (Wildman–Crippen LogP) is 14.5. The molecule has 0 N–H and O–H groups in total. The van der Waals surface area contributed by atoms with Crippen molar-refractivity contribution in [2.75, 3.05) is 0 Å². The molecule has 0 aliphatic heterocycles. The van der Waals surface area contributed by atoms with Crippen LogP contribution in [0.5, 0.6) is 0 Å². The Bertz CT molecular complexity index is 2620. The standard InChI is InChI=1S/C51H46ClNO/c1-3-44(53-48-13-6-4-11-46(48)47-12-5-7-14-49(47)53)30-43(38-21-15-35(31-52)16-22-38)29-34(2)37-19-17-36(18-20-37)32-54-33-42-26-25-41-24-23-39-9-8-10-40-27-28-45(42)51(41)50(39)40/h4-28,34,43-44H,3,29-33H2,1-2H3. The summed E-state index contributed by atoms with van der Waals surface area (Å²) in [5.41, 5.74) is 9.03. The van der Waals surface area contributed by atoms with Crippen molar-refractivity contribution in [2.45, 2.75) is 70.1 Å². The van der Waals surface area contributed by atoms with E-state index in [2.05, 4.69) is 170 Å². The molecule has 3 heteroatoms. The topological polar surface area (TPSA) is 14.2 Å². The van der Waals surface area contributed by atoms with E-state index in [0.29, 0.717) is 37.0 Å². The van der Waals surface area contributed by atoms with Crippen molar-refractivity contribution in [1.29, 1.82) is 0 Å². The average molecular weight is 724 g/mol. The van der Waals surface area contributed by atoms with Gasteiger partial charge in [0.1, 0.15) is 0 Å². The summed E-state index contributed by atoms with van der Waals surface area (Å²) < 4.78 is 9.00. The van der Waals surface area contributed by atoms with Crippen LogP contribution in [-0.4, -0.2) is 4.57 Å². The first kappa shape index (κ1) is 34.6. The summed E-state index contributed by atoms with van der Waals surface area (Å²) in [5, 5.41) is 10.5. The van der Waals surface area contributed by atoms with Gasteiger partial charge in [0.05, 0.1) is 13.2 Å². The molecule has 9 aromatic rings. The van der Waals surface area contributed by atoms with Crippen molar-refractivity contribution in [3.8, 4) is 0 Å². The molecule has 0 saturated carbocycles. The van der Waals surface area contributed by atoms with Crippen molar-refractivity contribution in [2.24, 2.45) is 0 Å². The van der Waals surface area contributed by atoms with Crippen LogP contribution in [-0.2, 0) is 23.8 Å². The minimum Gasteiger partial charge on any atom is -0.372 e. The zero-order valence-electron chi connectivity index (χ0n) is 31.1. The van der Waals surface area contributed by atoms with Crippen LogP contribution >= 0.6 is 11.6 Å². The molecule has 0 bridgehead atoms. The number of hydrogen-bond acceptors (Lipinski definition) is 1. The van der Waals surface area contributed by atoms with Crippen LogP contribution in [0.1, 0.15) is 78.8 Å². The van der Waals surface area contributed by atoms with Gasteiger partial charge in [-0.1, -0.05) is 153 Å². The molecule has 1 aromatic heterocycles. The fourth-order valence-corrected chi connectivity index (χ4v) is 9.26. The quantitative estimate of drug-likeness (QED) is 0.0853. The predicted molar refractivity (Wildman–Crippen MR) is 230 cm³/mol. The third kappa shape index (κ3) is 6.42. The summed E-state index contributed by atoms with van der Waals surface area (Å²) in [7, 11) is 0. The lowest BCUT2D eigenvalue weighted by Gasteiger charge is -2.28. The second-order valence-corrected chi connectivity index (χ2v) is 15.5. The number of alkyl halides is 1. The van der Waals surface area contributed by atoms with Crippen molar-refractivity contribution in [3.63, 3.8) is 0 Å². The maximum Gasteiger partial charge on any atom is 0.0727 e. The molecule has 1 heterocycles. The van der Waals surface area contributed by atoms with E-state index in [0.717, 1.165) is 19.3 Å². The van der Waals surface area contributed by atoms with Gasteiger partial charge < -0.3 is 9.30 Å². The Hall–Kier alpha value is -5.15. The maximum atomic E-state index is 6.38. The molecule has 0 amide bonds. The van der Waals surface area contributed by atoms with Gasteiger partial charge in [-0.25, -0.2) is 0 Å². The molecule has 0 aliphatic rings. The Balaban J connectivity index is 0.925. The van der Waals surface area contributed by atoms with Gasteiger partial charge in [0.2, 0.25) is 0 Å². The van der Waals surface area contributed by atoms with Gasteiger partial charge >= 0.3 is 0 Å². The minimum atomic E-state index is 0.368. The maximum absolute atomic E-state index is 6.38. The normalized spacial score (nSPS) is 13.8. The van der Waals surface area contributed by atoms with Crippen molar-refractivity contribution in [3.05, 3.63) is 179 Å². The summed E-state index contributed by atoms with van der Waals surface area (Å²) in [4.78, 5) is 0. The van der Waals surface area contributed by atoms with E-state index in [4.69, 9.17) is 16.3 Å². The number of halogens is 1. The number of rotatable bonds is 13. The Morgan fingerprint density at radius 1 is 0.537 bits per heavy atom. The zero-order valence-corrected chi connectivity index (χ0v) is 31.9. The molecule has 54 heavy (non-hydrogen) atoms. The molecular formula is C51H46ClNO. The van der Waals surface area contributed by atoms with Gasteiger partial charge in [-0.2, -0.15) is 0 Å². The highest BCUT2D eigenvalue weighted by Gasteiger charge is 2.24. The molecule has 0 spiro atoms. The van der Waals surface area contributed by atoms with E-state index in [1.165, 1.54) is 81.9 Å². The molecule has 3 unspecified atom stereocenters. The van der Waals surface area contributed by atoms with E-state index in [-0.39, 0.29) is 0 Å². The number of fused-ring (bicyclic) bond motifs is 3. The number of hydrogen-bond donors (Lipinski definition) is 0. The molecule has 3 atom stereocenters. The van der Waals surface area contributed by atoms with Crippen LogP contribution in [0.4, 0.5) is 0 Å². The van der Waals surface area contributed by atoms with Crippen molar-refractivity contribution >= 4 is 65.7 Å². The van der Waals surface area contributed by atoms with Crippen LogP contribution in [0.25, 0.3) is 54.1 Å². The average Bonchev–Trinajstić information content (AvgIpc) is 3.56. The summed E-state index contributed by atoms with van der Waals surface area (Å²) in [5.74, 6) is 1.32. The lowest BCUT2D eigenvalue weighted by atomic mass is 9.81. The van der Waals surface area contributed by atoms with E-state index in [1.807, 2.05) is 0 Å². The minimum absolute atomic E-state index is 0.368. The first-order valence-corrected chi connectivity index (χ1v) is 20.1. The number of nitrogens with zero attached hydrogens (tertiary/aromatic N) is 1. The van der Waals surface area contributed by atoms with Gasteiger partial charge in [-0.05, 0) is 103 Å². The van der Waals surface area contributed by atoms with E-state index in [1.54, 1.807) is 0 Å². The largest absolute Gasteiger partial charge is 0.372 e. The first-order valence-electron chi connectivity index (χ1n) is 19.5. The third-order valence-corrected chi connectivity index (χ3v) is 12.3. The van der Waals surface area contributed by atoms with Gasteiger partial charge in [-0.15, -0.1) is 11.6 Å². The van der Waals surface area contributed by atoms with Crippen LogP contribution in [0, 0.1) is 0 Å². The molecule has 2 nitrogen and oxygen atoms in total. The molecule has 0 radical (unpaired) electrons. The Morgan fingerprint density at radius 2 is 1.13 bits per heavy atom. The fourth-order valence-electron chi connectivity index (χ4n) is 9.08. The molecule has 0 saturated heterocycles. The monoisotopic (exact) mass is 723 g/mol. The van der Waals surface area contributed by atoms with Gasteiger partial charge in [0, 0.05) is 33.7 Å². The highest BCUT2D eigenvalue weighted by atomic mass is 35.5. The van der Waals surface area contributed by atoms with Gasteiger partial charge in [-0.3, -0.25) is 0 Å². The second kappa shape index (κ2) is 14.9. The van der Waals surface area contributed by atoms with Crippen LogP contribution in [0.3, 0.4) is 0 Å². The third-order valence-electron chi connectivity index (χ3n) is 11.9. The molecule has 0 aliphatic carbocycles. The van der Waals surface area contributed by atoms with Crippen molar-refractivity contribution < 1.29 is 4.74 Å². The highest BCUT2D eigenvalue weighted by Crippen LogP contribution is 2.41. The lowest BCUT2D eigenvalue weighted by Crippen LogP contribution is -2.14. The molecule has 8 aromatic carbocycles. The van der Waals surface area contributed by atoms with Crippen molar-refractivity contribution in [1.82, 2.24) is 4.57 Å². The van der Waals surface area contributed by atoms with Gasteiger partial charge in [0.15, 0.2) is 0 Å². The van der Waals surface area contributed by atoms with Crippen LogP contribution in [0.2, 0.25) is 0 Å². The van der Waals surface area contributed by atoms with Gasteiger partial charge in [0.25, 0.3) is 0 Å². The second-order valence-electron chi connectivity index (χ2n) is 15.2. The highest BCUT2D eigenvalue weighted by molar-refractivity contribution is 6.23. The van der Waals surface area contributed by atoms with Crippen LogP contribution < -0.4 is 0 Å². The molecular weight excluding hydrogens is 678 g/mol. The SMILES string of the molecule is CCC(CC(CC(C)c1ccc(COCc2ccc3ccc4cccc5ccc2c3c45)cc1)c1ccc(CCl)cc1)n1c2ccccc2c2ccccc21. The van der Waals surface area contributed by atoms with Crippen LogP contribution in [0.15, 0.2) is 152 Å². The molecule has 268 valence electrons. The molecule has 9 rings (SSSR count). The number of aromatic nitrogens is 1. The smallest absolute Gasteiger partial charge is 0.0727 e. The lowest BCUT2D eigenvalue weighted by molar-refractivity contribution is 0.108.